The van der Waals surface area contributed by atoms with Crippen LogP contribution in [0.1, 0.15) is 184 Å². The van der Waals surface area contributed by atoms with Crippen LogP contribution in [0.2, 0.25) is 0 Å². The minimum Gasteiger partial charge on any atom is -0.370 e. The van der Waals surface area contributed by atoms with Gasteiger partial charge in [0.2, 0.25) is 86.8 Å². The number of aromatic nitrogens is 1. The lowest BCUT2D eigenvalue weighted by molar-refractivity contribution is -0.139. The van der Waals surface area contributed by atoms with Gasteiger partial charge in [0.1, 0.15) is 67.0 Å². The summed E-state index contributed by atoms with van der Waals surface area (Å²) in [5, 5.41) is 33.7. The number of sulfonamides is 1. The third-order valence-corrected chi connectivity index (χ3v) is 22.2. The lowest BCUT2D eigenvalue weighted by Gasteiger charge is -2.31. The Labute approximate surface area is 677 Å². The molecule has 2 fully saturated rings. The van der Waals surface area contributed by atoms with E-state index in [0.717, 1.165) is 15.2 Å². The van der Waals surface area contributed by atoms with Gasteiger partial charge >= 0.3 is 0 Å². The number of hydrogen-bond donors (Lipinski definition) is 18. The van der Waals surface area contributed by atoms with E-state index in [1.165, 1.54) is 6.92 Å². The minimum absolute atomic E-state index is 0.00405. The molecule has 0 saturated carbocycles. The molecule has 4 rings (SSSR count). The number of nitrogens with one attached hydrogen (secondary N) is 13. The van der Waals surface area contributed by atoms with Crippen LogP contribution in [0.25, 0.3) is 10.9 Å². The maximum atomic E-state index is 15.0. The van der Waals surface area contributed by atoms with Gasteiger partial charge in [-0.2, -0.15) is 16.9 Å². The van der Waals surface area contributed by atoms with Gasteiger partial charge in [-0.3, -0.25) is 62.3 Å². The quantitative estimate of drug-likeness (QED) is 0.0333. The zero-order valence-corrected chi connectivity index (χ0v) is 70.1. The van der Waals surface area contributed by atoms with Crippen molar-refractivity contribution in [3.63, 3.8) is 0 Å². The number of aromatic amines is 1. The Hall–Kier alpha value is -8.07. The molecule has 35 nitrogen and oxygen atoms in total. The highest BCUT2D eigenvalue weighted by Crippen LogP contribution is 2.24. The molecule has 0 unspecified atom stereocenters. The van der Waals surface area contributed by atoms with Gasteiger partial charge in [-0.15, -0.1) is 0 Å². The molecule has 12 atom stereocenters. The Morgan fingerprint density at radius 3 is 1.60 bits per heavy atom. The van der Waals surface area contributed by atoms with Gasteiger partial charge in [-0.05, 0) is 158 Å². The van der Waals surface area contributed by atoms with E-state index < -0.39 is 203 Å². The number of rotatable bonds is 30. The standard InChI is InChI=1S/C77H133N19O16S2/c1-11-12-25-57-72(104)93-66(49(8)9)76(108)94-65(48(6)7)75(107)85-50(10)67(99)92-62(40-51-41-84-55-26-14-13-24-53(51)55)77(109)96-35-21-23-52(96)43-112-44-64(98)87-58(28-16-19-31-79)70(102)90-61(39-47(4)5)74(106)89-59(29-17-20-32-80)71(103)91-60(38-46(2)3)73(105)88-56(27-15-18-30-78)69(101)83-34-36-95(42-63(97)86-57)114(110,111)37-22-33-82-68(100)54(81)45-113/h13-14,24,26,41,46-50,52,54,56-62,65-66,84,113H,11-12,15-23,25,27-40,42-45,78-81H2,1-10H3,(H,82,100)(H,83,101)(H,85,107)(H,86,97)(H,87,98)(H,88,105)(H,89,106)(H,90,102)(H,91,103)(H,92,99)(H,93,104)(H,94,108)/t50-,52+,54-,56-,57-,58-,59-,60-,61-,62-,65-,66-/m0/s1. The zero-order chi connectivity index (χ0) is 84.8. The van der Waals surface area contributed by atoms with Crippen LogP contribution in [-0.2, 0) is 83.5 Å². The molecule has 0 aliphatic carbocycles. The zero-order valence-electron chi connectivity index (χ0n) is 68.4. The third-order valence-electron chi connectivity index (χ3n) is 19.9. The van der Waals surface area contributed by atoms with Gasteiger partial charge < -0.3 is 101 Å². The molecule has 0 radical (unpaired) electrons. The van der Waals surface area contributed by atoms with Gasteiger partial charge in [0.15, 0.2) is 0 Å². The first-order valence-electron chi connectivity index (χ1n) is 40.5. The number of benzene rings is 1. The predicted molar refractivity (Wildman–Crippen MR) is 437 cm³/mol. The molecular weight excluding hydrogens is 1510 g/mol. The molecule has 13 amide bonds. The first-order chi connectivity index (χ1) is 54.1. The van der Waals surface area contributed by atoms with Crippen molar-refractivity contribution in [2.45, 2.75) is 257 Å². The number of nitrogens with two attached hydrogens (primary N) is 4. The lowest BCUT2D eigenvalue weighted by Crippen LogP contribution is -2.61. The maximum absolute atomic E-state index is 15.0. The SMILES string of the molecule is CCCC[C@@H]1NC(=O)CN(S(=O)(=O)CCCNC(=O)[C@@H](N)CS)CCNC(=O)[C@H](CCCCN)NC(=O)[C@H](CC(C)C)NC(=O)[C@H](CCCCN)NC(=O)[C@H](CC(C)C)NC(=O)[C@H](CCCCN)NC(=O)COC[C@H]2CCCN2C(=O)[C@H](Cc2c[nH]c3ccccc23)NC(=O)[C@H](C)NC(=O)[C@H](C(C)C)NC(=O)[C@H](C(C)C)NC1=O. The number of amides is 13. The smallest absolute Gasteiger partial charge is 0.246 e. The molecule has 0 bridgehead atoms. The summed E-state index contributed by atoms with van der Waals surface area (Å²) >= 11 is 4.06. The second-order valence-electron chi connectivity index (χ2n) is 31.3. The van der Waals surface area contributed by atoms with Crippen LogP contribution in [0.3, 0.4) is 0 Å². The Kier molecular flexibility index (Phi) is 44.1. The summed E-state index contributed by atoms with van der Waals surface area (Å²) < 4.78 is 35.6. The number of fused-ring (bicyclic) bond motifs is 2. The molecule has 0 spiro atoms. The van der Waals surface area contributed by atoms with Gasteiger partial charge in [0.25, 0.3) is 0 Å². The van der Waals surface area contributed by atoms with Crippen molar-refractivity contribution in [2.24, 2.45) is 46.6 Å². The van der Waals surface area contributed by atoms with Crippen LogP contribution >= 0.6 is 12.6 Å². The number of thiol groups is 1. The number of para-hydroxylation sites is 1. The Morgan fingerprint density at radius 1 is 0.579 bits per heavy atom. The van der Waals surface area contributed by atoms with Gasteiger partial charge in [0.05, 0.1) is 31.0 Å². The first kappa shape index (κ1) is 98.3. The summed E-state index contributed by atoms with van der Waals surface area (Å²) in [7, 11) is -4.46. The Bertz CT molecular complexity index is 3570. The van der Waals surface area contributed by atoms with E-state index in [1.807, 2.05) is 58.9 Å². The number of nitrogens with zero attached hydrogens (tertiary/aromatic N) is 2. The average Bonchev–Trinajstić information content (AvgIpc) is 1.62. The van der Waals surface area contributed by atoms with Crippen LogP contribution in [0.5, 0.6) is 0 Å². The molecule has 1 aromatic heterocycles. The third kappa shape index (κ3) is 33.6. The van der Waals surface area contributed by atoms with Crippen molar-refractivity contribution in [3.05, 3.63) is 36.0 Å². The summed E-state index contributed by atoms with van der Waals surface area (Å²) in [5.74, 6) is -11.8. The highest BCUT2D eigenvalue weighted by atomic mass is 32.2. The van der Waals surface area contributed by atoms with Crippen LogP contribution < -0.4 is 86.7 Å². The van der Waals surface area contributed by atoms with Gasteiger partial charge in [-0.25, -0.2) is 8.42 Å². The molecule has 2 aliphatic rings. The molecule has 2 saturated heterocycles. The summed E-state index contributed by atoms with van der Waals surface area (Å²) in [4.78, 5) is 191. The van der Waals surface area contributed by atoms with E-state index >= 15 is 4.79 Å². The molecule has 644 valence electrons. The number of H-pyrrole nitrogens is 1. The Morgan fingerprint density at radius 2 is 1.06 bits per heavy atom. The van der Waals surface area contributed by atoms with Gasteiger partial charge in [0, 0.05) is 55.5 Å². The fourth-order valence-corrected chi connectivity index (χ4v) is 15.0. The molecule has 114 heavy (non-hydrogen) atoms. The molecule has 2 aromatic rings. The van der Waals surface area contributed by atoms with Crippen molar-refractivity contribution >= 4 is 110 Å². The molecule has 21 N–H and O–H groups in total. The topological polar surface area (TPSA) is 536 Å². The van der Waals surface area contributed by atoms with E-state index in [2.05, 4.69) is 81.4 Å². The molecular formula is C77H133N19O16S2. The summed E-state index contributed by atoms with van der Waals surface area (Å²) in [5.41, 5.74) is 24.9. The van der Waals surface area contributed by atoms with E-state index in [0.29, 0.717) is 69.8 Å². The first-order valence-corrected chi connectivity index (χ1v) is 42.8. The van der Waals surface area contributed by atoms with E-state index in [4.69, 9.17) is 27.7 Å². The second-order valence-corrected chi connectivity index (χ2v) is 33.7. The van der Waals surface area contributed by atoms with Crippen LogP contribution in [-0.4, -0.2) is 249 Å². The lowest BCUT2D eigenvalue weighted by atomic mass is 9.98. The fraction of sp³-hybridized carbons (Fsp3) is 0.727. The van der Waals surface area contributed by atoms with Crippen LogP contribution in [0.4, 0.5) is 0 Å². The second kappa shape index (κ2) is 51.1. The van der Waals surface area contributed by atoms with Crippen molar-refractivity contribution in [2.75, 3.05) is 77.1 Å². The molecule has 2 aliphatic heterocycles. The highest BCUT2D eigenvalue weighted by Gasteiger charge is 2.40. The fourth-order valence-electron chi connectivity index (χ4n) is 13.4. The Balaban J connectivity index is 1.82. The molecule has 1 aromatic carbocycles. The number of carbonyl (C=O) groups is 13. The van der Waals surface area contributed by atoms with Crippen molar-refractivity contribution in [1.82, 2.24) is 78.0 Å². The van der Waals surface area contributed by atoms with Crippen LogP contribution in [0, 0.1) is 23.7 Å². The van der Waals surface area contributed by atoms with Crippen molar-refractivity contribution in [1.29, 1.82) is 0 Å². The molecule has 3 heterocycles. The largest absolute Gasteiger partial charge is 0.370 e. The minimum atomic E-state index is -4.46. The van der Waals surface area contributed by atoms with Crippen LogP contribution in [0.15, 0.2) is 30.5 Å². The van der Waals surface area contributed by atoms with Crippen molar-refractivity contribution < 1.29 is 75.5 Å². The number of unbranched alkanes of at least 4 members (excludes halogenated alkanes) is 4. The average molecular weight is 1650 g/mol. The highest BCUT2D eigenvalue weighted by molar-refractivity contribution is 7.89. The number of ether oxygens (including phenoxy) is 1. The van der Waals surface area contributed by atoms with Gasteiger partial charge in [-0.1, -0.05) is 93.4 Å². The normalized spacial score (nSPS) is 24.4. The van der Waals surface area contributed by atoms with E-state index in [9.17, 15) is 66.0 Å². The number of hydrogen-bond acceptors (Lipinski definition) is 21. The van der Waals surface area contributed by atoms with E-state index in [1.54, 1.807) is 38.8 Å². The maximum Gasteiger partial charge on any atom is 0.246 e. The van der Waals surface area contributed by atoms with Crippen molar-refractivity contribution in [3.8, 4) is 0 Å². The molecule has 37 heteroatoms. The monoisotopic (exact) mass is 1640 g/mol. The summed E-state index contributed by atoms with van der Waals surface area (Å²) in [6, 6.07) is -6.96. The number of carbonyl (C=O) groups excluding carboxylic acids is 13. The summed E-state index contributed by atoms with van der Waals surface area (Å²) in [6.45, 7) is 15.5. The van der Waals surface area contributed by atoms with E-state index in [-0.39, 0.29) is 108 Å². The predicted octanol–water partition coefficient (Wildman–Crippen LogP) is -0.908. The summed E-state index contributed by atoms with van der Waals surface area (Å²) in [6.07, 6.45) is 6.29.